The van der Waals surface area contributed by atoms with Crippen LogP contribution in [0.3, 0.4) is 0 Å². The number of furan rings is 1. The number of hydrogen-bond acceptors (Lipinski definition) is 3. The van der Waals surface area contributed by atoms with Crippen molar-refractivity contribution in [3.8, 4) is 0 Å². The fraction of sp³-hybridized carbons (Fsp3) is 0.250. The average molecular weight is 360 g/mol. The third kappa shape index (κ3) is 3.66. The Labute approximate surface area is 117 Å². The summed E-state index contributed by atoms with van der Waals surface area (Å²) in [6.45, 7) is 3.45. The number of pyridine rings is 1. The van der Waals surface area contributed by atoms with Gasteiger partial charge in [0, 0.05) is 18.4 Å². The molecule has 0 spiro atoms. The largest absolute Gasteiger partial charge is 0.452 e. The summed E-state index contributed by atoms with van der Waals surface area (Å²) >= 11 is 6.69. The van der Waals surface area contributed by atoms with Crippen LogP contribution in [0.25, 0.3) is 0 Å². The van der Waals surface area contributed by atoms with Crippen molar-refractivity contribution in [1.29, 1.82) is 0 Å². The zero-order chi connectivity index (χ0) is 12.3. The van der Waals surface area contributed by atoms with Gasteiger partial charge in [0.25, 0.3) is 0 Å². The van der Waals surface area contributed by atoms with Crippen molar-refractivity contribution in [2.24, 2.45) is 0 Å². The molecule has 90 valence electrons. The van der Waals surface area contributed by atoms with Crippen LogP contribution in [0.2, 0.25) is 0 Å². The van der Waals surface area contributed by atoms with E-state index in [2.05, 4.69) is 48.2 Å². The Morgan fingerprint density at radius 3 is 2.71 bits per heavy atom. The molecule has 0 aliphatic carbocycles. The molecule has 5 heteroatoms. The maximum Gasteiger partial charge on any atom is 0.183 e. The van der Waals surface area contributed by atoms with Crippen molar-refractivity contribution in [3.05, 3.63) is 50.6 Å². The minimum Gasteiger partial charge on any atom is -0.452 e. The van der Waals surface area contributed by atoms with E-state index < -0.39 is 0 Å². The maximum atomic E-state index is 5.46. The molecule has 0 fully saturated rings. The summed E-state index contributed by atoms with van der Waals surface area (Å²) in [7, 11) is 0. The second kappa shape index (κ2) is 5.80. The molecule has 0 unspecified atom stereocenters. The first kappa shape index (κ1) is 12.8. The lowest BCUT2D eigenvalue weighted by atomic mass is 10.2. The second-order valence-electron chi connectivity index (χ2n) is 3.75. The number of aromatic nitrogens is 1. The Bertz CT molecular complexity index is 474. The van der Waals surface area contributed by atoms with E-state index in [1.807, 2.05) is 25.3 Å². The van der Waals surface area contributed by atoms with E-state index in [9.17, 15) is 0 Å². The highest BCUT2D eigenvalue weighted by Gasteiger charge is 2.05. The maximum absolute atomic E-state index is 5.46. The summed E-state index contributed by atoms with van der Waals surface area (Å²) in [5.74, 6) is 0.892. The molecule has 2 aromatic rings. The number of nitrogens with zero attached hydrogens (tertiary/aromatic N) is 1. The molecule has 0 bridgehead atoms. The fourth-order valence-electron chi connectivity index (χ4n) is 1.41. The Kier molecular flexibility index (Phi) is 4.36. The smallest absolute Gasteiger partial charge is 0.183 e. The molecule has 0 amide bonds. The normalized spacial score (nSPS) is 10.8. The van der Waals surface area contributed by atoms with Crippen molar-refractivity contribution < 1.29 is 4.42 Å². The highest BCUT2D eigenvalue weighted by Crippen LogP contribution is 2.26. The summed E-state index contributed by atoms with van der Waals surface area (Å²) in [6, 6.07) is 6.03. The van der Waals surface area contributed by atoms with E-state index in [-0.39, 0.29) is 0 Å². The minimum atomic E-state index is 0.693. The molecular formula is C12H12Br2N2O. The number of nitrogens with one attached hydrogen (secondary N) is 1. The van der Waals surface area contributed by atoms with Crippen LogP contribution in [0.5, 0.6) is 0 Å². The molecule has 0 aliphatic heterocycles. The molecule has 17 heavy (non-hydrogen) atoms. The predicted molar refractivity (Wildman–Crippen MR) is 73.6 cm³/mol. The van der Waals surface area contributed by atoms with E-state index in [1.54, 1.807) is 0 Å². The molecule has 3 nitrogen and oxygen atoms in total. The van der Waals surface area contributed by atoms with Crippen LogP contribution in [0.15, 0.2) is 38.0 Å². The van der Waals surface area contributed by atoms with E-state index in [4.69, 9.17) is 4.42 Å². The van der Waals surface area contributed by atoms with Gasteiger partial charge in [0.2, 0.25) is 0 Å². The summed E-state index contributed by atoms with van der Waals surface area (Å²) < 4.78 is 7.13. The van der Waals surface area contributed by atoms with Crippen LogP contribution in [0, 0.1) is 6.92 Å². The Hall–Kier alpha value is -0.650. The van der Waals surface area contributed by atoms with Crippen molar-refractivity contribution in [1.82, 2.24) is 10.3 Å². The van der Waals surface area contributed by atoms with Crippen molar-refractivity contribution >= 4 is 31.9 Å². The van der Waals surface area contributed by atoms with Gasteiger partial charge in [0.1, 0.15) is 5.76 Å². The summed E-state index contributed by atoms with van der Waals surface area (Å²) in [6.07, 6.45) is 1.89. The standard InChI is InChI=1S/C12H12Br2N2O/c1-8-2-3-9(6-16-8)5-15-7-10-4-11(13)12(14)17-10/h2-4,6,15H,5,7H2,1H3. The SMILES string of the molecule is Cc1ccc(CNCc2cc(Br)c(Br)o2)cn1. The van der Waals surface area contributed by atoms with Gasteiger partial charge < -0.3 is 9.73 Å². The predicted octanol–water partition coefficient (Wildman–Crippen LogP) is 3.80. The monoisotopic (exact) mass is 358 g/mol. The van der Waals surface area contributed by atoms with Gasteiger partial charge >= 0.3 is 0 Å². The molecular weight excluding hydrogens is 348 g/mol. The first-order valence-corrected chi connectivity index (χ1v) is 6.79. The van der Waals surface area contributed by atoms with E-state index in [1.165, 1.54) is 5.56 Å². The first-order chi connectivity index (χ1) is 8.15. The highest BCUT2D eigenvalue weighted by molar-refractivity contribution is 9.13. The lowest BCUT2D eigenvalue weighted by Crippen LogP contribution is -2.12. The third-order valence-electron chi connectivity index (χ3n) is 2.30. The zero-order valence-corrected chi connectivity index (χ0v) is 12.5. The lowest BCUT2D eigenvalue weighted by molar-refractivity contribution is 0.464. The molecule has 2 aromatic heterocycles. The number of rotatable bonds is 4. The zero-order valence-electron chi connectivity index (χ0n) is 9.34. The van der Waals surface area contributed by atoms with Crippen molar-refractivity contribution in [3.63, 3.8) is 0 Å². The molecule has 0 saturated carbocycles. The van der Waals surface area contributed by atoms with Crippen LogP contribution in [-0.2, 0) is 13.1 Å². The van der Waals surface area contributed by atoms with Crippen LogP contribution < -0.4 is 5.32 Å². The molecule has 2 heterocycles. The average Bonchev–Trinajstić information content (AvgIpc) is 2.61. The fourth-order valence-corrected chi connectivity index (χ4v) is 2.07. The quantitative estimate of drug-likeness (QED) is 0.902. The molecule has 0 atom stereocenters. The molecule has 1 N–H and O–H groups in total. The van der Waals surface area contributed by atoms with E-state index >= 15 is 0 Å². The third-order valence-corrected chi connectivity index (χ3v) is 4.01. The highest BCUT2D eigenvalue weighted by atomic mass is 79.9. The minimum absolute atomic E-state index is 0.693. The number of hydrogen-bond donors (Lipinski definition) is 1. The summed E-state index contributed by atoms with van der Waals surface area (Å²) in [5.41, 5.74) is 2.20. The van der Waals surface area contributed by atoms with Gasteiger partial charge in [-0.25, -0.2) is 0 Å². The van der Waals surface area contributed by atoms with Crippen molar-refractivity contribution in [2.45, 2.75) is 20.0 Å². The topological polar surface area (TPSA) is 38.1 Å². The Balaban J connectivity index is 1.85. The van der Waals surface area contributed by atoms with Crippen molar-refractivity contribution in [2.75, 3.05) is 0 Å². The lowest BCUT2D eigenvalue weighted by Gasteiger charge is -2.02. The number of halogens is 2. The molecule has 0 radical (unpaired) electrons. The Morgan fingerprint density at radius 2 is 2.12 bits per heavy atom. The van der Waals surface area contributed by atoms with E-state index in [0.717, 1.165) is 27.1 Å². The van der Waals surface area contributed by atoms with Gasteiger partial charge in [0.05, 0.1) is 11.0 Å². The van der Waals surface area contributed by atoms with E-state index in [0.29, 0.717) is 6.54 Å². The van der Waals surface area contributed by atoms with Gasteiger partial charge in [-0.1, -0.05) is 6.07 Å². The molecule has 0 saturated heterocycles. The second-order valence-corrected chi connectivity index (χ2v) is 5.32. The molecule has 2 rings (SSSR count). The van der Waals surface area contributed by atoms with Gasteiger partial charge in [-0.05, 0) is 56.5 Å². The van der Waals surface area contributed by atoms with Gasteiger partial charge in [-0.3, -0.25) is 4.98 Å². The van der Waals surface area contributed by atoms with Gasteiger partial charge in [-0.15, -0.1) is 0 Å². The summed E-state index contributed by atoms with van der Waals surface area (Å²) in [5, 5.41) is 3.30. The number of aryl methyl sites for hydroxylation is 1. The van der Waals surface area contributed by atoms with Gasteiger partial charge in [0.15, 0.2) is 4.67 Å². The van der Waals surface area contributed by atoms with Crippen LogP contribution in [0.1, 0.15) is 17.0 Å². The van der Waals surface area contributed by atoms with Crippen LogP contribution in [0.4, 0.5) is 0 Å². The van der Waals surface area contributed by atoms with Crippen LogP contribution >= 0.6 is 31.9 Å². The molecule has 0 aromatic carbocycles. The van der Waals surface area contributed by atoms with Gasteiger partial charge in [-0.2, -0.15) is 0 Å². The Morgan fingerprint density at radius 1 is 1.29 bits per heavy atom. The molecule has 0 aliphatic rings. The van der Waals surface area contributed by atoms with Crippen LogP contribution in [-0.4, -0.2) is 4.98 Å². The summed E-state index contributed by atoms with van der Waals surface area (Å²) in [4.78, 5) is 4.24. The first-order valence-electron chi connectivity index (χ1n) is 5.21.